The van der Waals surface area contributed by atoms with Crippen LogP contribution < -0.4 is 4.90 Å². The van der Waals surface area contributed by atoms with Gasteiger partial charge in [-0.15, -0.1) is 0 Å². The minimum absolute atomic E-state index is 0.132. The SMILES string of the molecule is CC(C)(C)OC(=O)N1CCC2(CC1)CC(=O)N(c1ccc(C(F)(F)F)nc1)C2. The summed E-state index contributed by atoms with van der Waals surface area (Å²) in [6.45, 7) is 6.81. The average Bonchev–Trinajstić information content (AvgIpc) is 2.89. The summed E-state index contributed by atoms with van der Waals surface area (Å²) in [5, 5.41) is 0. The van der Waals surface area contributed by atoms with Crippen LogP contribution in [0.1, 0.15) is 45.7 Å². The molecule has 2 aliphatic rings. The van der Waals surface area contributed by atoms with Crippen molar-refractivity contribution in [2.75, 3.05) is 24.5 Å². The molecule has 0 bridgehead atoms. The lowest BCUT2D eigenvalue weighted by atomic mass is 9.78. The molecule has 2 fully saturated rings. The highest BCUT2D eigenvalue weighted by Crippen LogP contribution is 2.43. The Morgan fingerprint density at radius 1 is 1.18 bits per heavy atom. The summed E-state index contributed by atoms with van der Waals surface area (Å²) in [5.41, 5.74) is -1.46. The van der Waals surface area contributed by atoms with Crippen LogP contribution in [-0.2, 0) is 15.7 Å². The van der Waals surface area contributed by atoms with Gasteiger partial charge in [-0.05, 0) is 45.7 Å². The molecule has 0 radical (unpaired) electrons. The van der Waals surface area contributed by atoms with Crippen molar-refractivity contribution >= 4 is 17.7 Å². The molecule has 3 rings (SSSR count). The number of anilines is 1. The van der Waals surface area contributed by atoms with Gasteiger partial charge < -0.3 is 14.5 Å². The molecule has 2 aliphatic heterocycles. The van der Waals surface area contributed by atoms with Gasteiger partial charge in [-0.2, -0.15) is 13.2 Å². The number of pyridine rings is 1. The van der Waals surface area contributed by atoms with Crippen molar-refractivity contribution in [3.8, 4) is 0 Å². The molecule has 2 saturated heterocycles. The van der Waals surface area contributed by atoms with Crippen molar-refractivity contribution in [3.05, 3.63) is 24.0 Å². The van der Waals surface area contributed by atoms with Crippen LogP contribution in [0.25, 0.3) is 0 Å². The minimum Gasteiger partial charge on any atom is -0.444 e. The van der Waals surface area contributed by atoms with Crippen LogP contribution in [0.5, 0.6) is 0 Å². The maximum absolute atomic E-state index is 12.7. The first-order chi connectivity index (χ1) is 12.9. The molecule has 1 aromatic rings. The Hall–Kier alpha value is -2.32. The molecule has 154 valence electrons. The van der Waals surface area contributed by atoms with E-state index in [0.717, 1.165) is 12.3 Å². The van der Waals surface area contributed by atoms with E-state index in [2.05, 4.69) is 4.98 Å². The van der Waals surface area contributed by atoms with Gasteiger partial charge in [-0.1, -0.05) is 0 Å². The third-order valence-electron chi connectivity index (χ3n) is 5.15. The van der Waals surface area contributed by atoms with Crippen molar-refractivity contribution in [2.24, 2.45) is 5.41 Å². The van der Waals surface area contributed by atoms with Gasteiger partial charge in [0.2, 0.25) is 5.91 Å². The number of halogens is 3. The molecule has 0 aromatic carbocycles. The van der Waals surface area contributed by atoms with E-state index in [0.29, 0.717) is 44.6 Å². The molecule has 2 amide bonds. The Bertz CT molecular complexity index is 748. The molecule has 0 aliphatic carbocycles. The van der Waals surface area contributed by atoms with E-state index in [4.69, 9.17) is 4.74 Å². The number of aromatic nitrogens is 1. The fourth-order valence-corrected chi connectivity index (χ4v) is 3.67. The highest BCUT2D eigenvalue weighted by atomic mass is 19.4. The van der Waals surface area contributed by atoms with Gasteiger partial charge in [0, 0.05) is 31.5 Å². The van der Waals surface area contributed by atoms with Crippen molar-refractivity contribution in [3.63, 3.8) is 0 Å². The van der Waals surface area contributed by atoms with E-state index in [1.165, 1.54) is 11.0 Å². The Morgan fingerprint density at radius 2 is 1.82 bits per heavy atom. The molecule has 6 nitrogen and oxygen atoms in total. The number of carbonyl (C=O) groups is 2. The molecule has 0 N–H and O–H groups in total. The molecule has 3 heterocycles. The van der Waals surface area contributed by atoms with Crippen molar-refractivity contribution < 1.29 is 27.5 Å². The molecule has 1 spiro atoms. The third kappa shape index (κ3) is 4.39. The quantitative estimate of drug-likeness (QED) is 0.720. The normalized spacial score (nSPS) is 20.0. The monoisotopic (exact) mass is 399 g/mol. The van der Waals surface area contributed by atoms with E-state index in [9.17, 15) is 22.8 Å². The molecular formula is C19H24F3N3O3. The van der Waals surface area contributed by atoms with E-state index in [1.807, 2.05) is 20.8 Å². The first-order valence-electron chi connectivity index (χ1n) is 9.20. The maximum atomic E-state index is 12.7. The number of rotatable bonds is 1. The Morgan fingerprint density at radius 3 is 2.32 bits per heavy atom. The zero-order valence-electron chi connectivity index (χ0n) is 16.2. The van der Waals surface area contributed by atoms with Crippen LogP contribution in [0.4, 0.5) is 23.7 Å². The second kappa shape index (κ2) is 6.93. The molecule has 9 heteroatoms. The zero-order chi connectivity index (χ0) is 20.7. The van der Waals surface area contributed by atoms with Gasteiger partial charge in [0.15, 0.2) is 0 Å². The molecule has 0 unspecified atom stereocenters. The number of hydrogen-bond acceptors (Lipinski definition) is 4. The van der Waals surface area contributed by atoms with E-state index in [1.54, 1.807) is 4.90 Å². The minimum atomic E-state index is -4.51. The molecule has 0 saturated carbocycles. The van der Waals surface area contributed by atoms with Crippen LogP contribution in [0.3, 0.4) is 0 Å². The average molecular weight is 399 g/mol. The fourth-order valence-electron chi connectivity index (χ4n) is 3.67. The summed E-state index contributed by atoms with van der Waals surface area (Å²) in [6, 6.07) is 2.17. The molecular weight excluding hydrogens is 375 g/mol. The lowest BCUT2D eigenvalue weighted by Crippen LogP contribution is -2.46. The van der Waals surface area contributed by atoms with Crippen LogP contribution >= 0.6 is 0 Å². The number of hydrogen-bond donors (Lipinski definition) is 0. The molecule has 28 heavy (non-hydrogen) atoms. The summed E-state index contributed by atoms with van der Waals surface area (Å²) in [7, 11) is 0. The fraction of sp³-hybridized carbons (Fsp3) is 0.632. The number of ether oxygens (including phenoxy) is 1. The first-order valence-corrected chi connectivity index (χ1v) is 9.20. The van der Waals surface area contributed by atoms with Crippen molar-refractivity contribution in [2.45, 2.75) is 51.8 Å². The van der Waals surface area contributed by atoms with Gasteiger partial charge in [0.05, 0.1) is 11.9 Å². The summed E-state index contributed by atoms with van der Waals surface area (Å²) < 4.78 is 43.4. The van der Waals surface area contributed by atoms with Crippen molar-refractivity contribution in [1.29, 1.82) is 0 Å². The summed E-state index contributed by atoms with van der Waals surface area (Å²) in [4.78, 5) is 31.3. The van der Waals surface area contributed by atoms with Gasteiger partial charge in [0.25, 0.3) is 0 Å². The number of carbonyl (C=O) groups excluding carboxylic acids is 2. The van der Waals surface area contributed by atoms with Gasteiger partial charge in [-0.3, -0.25) is 4.79 Å². The highest BCUT2D eigenvalue weighted by Gasteiger charge is 2.46. The summed E-state index contributed by atoms with van der Waals surface area (Å²) in [6.07, 6.45) is -2.18. The molecule has 0 atom stereocenters. The predicted molar refractivity (Wildman–Crippen MR) is 95.7 cm³/mol. The van der Waals surface area contributed by atoms with Crippen LogP contribution in [0.15, 0.2) is 18.3 Å². The Labute approximate surface area is 161 Å². The van der Waals surface area contributed by atoms with E-state index in [-0.39, 0.29) is 17.4 Å². The Balaban J connectivity index is 1.64. The van der Waals surface area contributed by atoms with Crippen LogP contribution in [-0.4, -0.2) is 47.1 Å². The number of piperidine rings is 1. The predicted octanol–water partition coefficient (Wildman–Crippen LogP) is 3.85. The number of likely N-dealkylation sites (tertiary alicyclic amines) is 1. The second-order valence-electron chi connectivity index (χ2n) is 8.52. The van der Waals surface area contributed by atoms with Gasteiger partial charge >= 0.3 is 12.3 Å². The van der Waals surface area contributed by atoms with Gasteiger partial charge in [-0.25, -0.2) is 9.78 Å². The first kappa shape index (κ1) is 20.4. The number of amides is 2. The third-order valence-corrected chi connectivity index (χ3v) is 5.15. The second-order valence-corrected chi connectivity index (χ2v) is 8.52. The summed E-state index contributed by atoms with van der Waals surface area (Å²) in [5.74, 6) is -0.132. The summed E-state index contributed by atoms with van der Waals surface area (Å²) >= 11 is 0. The van der Waals surface area contributed by atoms with E-state index >= 15 is 0 Å². The maximum Gasteiger partial charge on any atom is 0.433 e. The largest absolute Gasteiger partial charge is 0.444 e. The van der Waals surface area contributed by atoms with Gasteiger partial charge in [0.1, 0.15) is 11.3 Å². The smallest absolute Gasteiger partial charge is 0.433 e. The zero-order valence-corrected chi connectivity index (χ0v) is 16.2. The number of nitrogens with zero attached hydrogens (tertiary/aromatic N) is 3. The number of alkyl halides is 3. The molecule has 1 aromatic heterocycles. The Kier molecular flexibility index (Phi) is 5.05. The lowest BCUT2D eigenvalue weighted by molar-refractivity contribution is -0.141. The van der Waals surface area contributed by atoms with Crippen molar-refractivity contribution in [1.82, 2.24) is 9.88 Å². The van der Waals surface area contributed by atoms with Crippen LogP contribution in [0.2, 0.25) is 0 Å². The van der Waals surface area contributed by atoms with Crippen LogP contribution in [0, 0.1) is 5.41 Å². The standard InChI is InChI=1S/C19H24F3N3O3/c1-17(2,3)28-16(27)24-8-6-18(7-9-24)10-15(26)25(12-18)13-4-5-14(23-11-13)19(20,21)22/h4-5,11H,6-10,12H2,1-3H3. The van der Waals surface area contributed by atoms with E-state index < -0.39 is 17.5 Å². The highest BCUT2D eigenvalue weighted by molar-refractivity contribution is 5.96. The topological polar surface area (TPSA) is 62.7 Å². The lowest BCUT2D eigenvalue weighted by Gasteiger charge is -2.39.